The number of imidazole rings is 1. The van der Waals surface area contributed by atoms with E-state index >= 15 is 0 Å². The average Bonchev–Trinajstić information content (AvgIpc) is 3.48. The van der Waals surface area contributed by atoms with Crippen LogP contribution in [0.3, 0.4) is 0 Å². The number of rotatable bonds is 4. The molecule has 4 aromatic heterocycles. The molecule has 3 atom stereocenters. The number of H-pyrrole nitrogens is 1. The number of ether oxygens (including phenoxy) is 1. The van der Waals surface area contributed by atoms with Crippen molar-refractivity contribution in [3.05, 3.63) is 66.1 Å². The SMILES string of the molecule is CN1CCCC1c1cc2cnc(C3OCC3NC(=O)c3ccn4cncc4c3)cc2[nH]1. The molecule has 2 aliphatic heterocycles. The highest BCUT2D eigenvalue weighted by Crippen LogP contribution is 2.34. The fourth-order valence-electron chi connectivity index (χ4n) is 4.71. The fraction of sp³-hybridized carbons (Fsp3) is 0.348. The van der Waals surface area contributed by atoms with E-state index in [1.165, 1.54) is 18.5 Å². The lowest BCUT2D eigenvalue weighted by Gasteiger charge is -2.36. The van der Waals surface area contributed by atoms with E-state index in [1.54, 1.807) is 18.6 Å². The largest absolute Gasteiger partial charge is 0.367 e. The number of nitrogens with one attached hydrogen (secondary N) is 2. The van der Waals surface area contributed by atoms with Gasteiger partial charge in [0, 0.05) is 40.6 Å². The third-order valence-corrected chi connectivity index (χ3v) is 6.53. The first-order valence-electron chi connectivity index (χ1n) is 10.7. The maximum Gasteiger partial charge on any atom is 0.251 e. The summed E-state index contributed by atoms with van der Waals surface area (Å²) >= 11 is 0. The Balaban J connectivity index is 1.20. The second-order valence-electron chi connectivity index (χ2n) is 8.53. The molecule has 2 aliphatic rings. The summed E-state index contributed by atoms with van der Waals surface area (Å²) in [6, 6.07) is 8.22. The Labute approximate surface area is 179 Å². The number of fused-ring (bicyclic) bond motifs is 2. The maximum absolute atomic E-state index is 12.8. The molecule has 0 aliphatic carbocycles. The van der Waals surface area contributed by atoms with E-state index in [1.807, 2.05) is 22.9 Å². The molecule has 158 valence electrons. The molecule has 8 nitrogen and oxygen atoms in total. The first kappa shape index (κ1) is 18.5. The molecule has 8 heteroatoms. The van der Waals surface area contributed by atoms with Crippen molar-refractivity contribution in [2.45, 2.75) is 31.0 Å². The zero-order valence-electron chi connectivity index (χ0n) is 17.3. The molecule has 6 rings (SSSR count). The van der Waals surface area contributed by atoms with E-state index in [9.17, 15) is 4.79 Å². The minimum atomic E-state index is -0.243. The highest BCUT2D eigenvalue weighted by molar-refractivity contribution is 5.95. The van der Waals surface area contributed by atoms with Gasteiger partial charge in [0.05, 0.1) is 36.4 Å². The van der Waals surface area contributed by atoms with Gasteiger partial charge in [-0.05, 0) is 50.7 Å². The number of hydrogen-bond acceptors (Lipinski definition) is 5. The molecule has 0 aromatic carbocycles. The standard InChI is InChI=1S/C23H24N6O2/c1-28-5-2-3-21(28)18-8-15-10-25-19(9-17(15)26-18)22-20(12-31-22)27-23(30)14-4-6-29-13-24-11-16(29)7-14/h4,6-11,13,20-22,26H,2-3,5,12H2,1H3,(H,27,30). The Morgan fingerprint density at radius 1 is 1.29 bits per heavy atom. The zero-order chi connectivity index (χ0) is 20.9. The molecule has 3 unspecified atom stereocenters. The molecule has 6 heterocycles. The molecular weight excluding hydrogens is 392 g/mol. The van der Waals surface area contributed by atoms with Gasteiger partial charge >= 0.3 is 0 Å². The Morgan fingerprint density at radius 2 is 2.23 bits per heavy atom. The van der Waals surface area contributed by atoms with Crippen LogP contribution in [0.4, 0.5) is 0 Å². The third-order valence-electron chi connectivity index (χ3n) is 6.53. The van der Waals surface area contributed by atoms with Crippen molar-refractivity contribution in [3.8, 4) is 0 Å². The van der Waals surface area contributed by atoms with E-state index in [4.69, 9.17) is 4.74 Å². The number of likely N-dealkylation sites (tertiary alicyclic amines) is 1. The number of hydrogen-bond donors (Lipinski definition) is 2. The first-order chi connectivity index (χ1) is 15.2. The van der Waals surface area contributed by atoms with Crippen LogP contribution in [-0.4, -0.2) is 56.4 Å². The van der Waals surface area contributed by atoms with Gasteiger partial charge in [0.25, 0.3) is 5.91 Å². The molecule has 0 saturated carbocycles. The summed E-state index contributed by atoms with van der Waals surface area (Å²) in [4.78, 5) is 27.4. The summed E-state index contributed by atoms with van der Waals surface area (Å²) in [5, 5.41) is 4.20. The van der Waals surface area contributed by atoms with E-state index < -0.39 is 0 Å². The molecular formula is C23H24N6O2. The second kappa shape index (κ2) is 7.18. The highest BCUT2D eigenvalue weighted by Gasteiger charge is 2.36. The van der Waals surface area contributed by atoms with Crippen molar-refractivity contribution in [1.29, 1.82) is 0 Å². The predicted octanol–water partition coefficient (Wildman–Crippen LogP) is 2.85. The Hall–Kier alpha value is -3.23. The maximum atomic E-state index is 12.8. The Bertz CT molecular complexity index is 1280. The molecule has 0 radical (unpaired) electrons. The van der Waals surface area contributed by atoms with Gasteiger partial charge in [0.1, 0.15) is 6.10 Å². The monoisotopic (exact) mass is 416 g/mol. The number of aromatic amines is 1. The third kappa shape index (κ3) is 3.19. The minimum Gasteiger partial charge on any atom is -0.367 e. The summed E-state index contributed by atoms with van der Waals surface area (Å²) in [6.07, 6.45) is 9.34. The molecule has 31 heavy (non-hydrogen) atoms. The lowest BCUT2D eigenvalue weighted by Crippen LogP contribution is -2.51. The Kier molecular flexibility index (Phi) is 4.29. The van der Waals surface area contributed by atoms with Crippen molar-refractivity contribution in [3.63, 3.8) is 0 Å². The van der Waals surface area contributed by atoms with Gasteiger partial charge in [0.2, 0.25) is 0 Å². The van der Waals surface area contributed by atoms with E-state index in [0.29, 0.717) is 18.2 Å². The lowest BCUT2D eigenvalue weighted by atomic mass is 10.0. The van der Waals surface area contributed by atoms with Gasteiger partial charge in [0.15, 0.2) is 0 Å². The lowest BCUT2D eigenvalue weighted by molar-refractivity contribution is -0.0882. The molecule has 4 aromatic rings. The van der Waals surface area contributed by atoms with Gasteiger partial charge in [-0.15, -0.1) is 0 Å². The van der Waals surface area contributed by atoms with Gasteiger partial charge < -0.3 is 19.4 Å². The summed E-state index contributed by atoms with van der Waals surface area (Å²) in [5.41, 5.74) is 4.63. The van der Waals surface area contributed by atoms with Crippen molar-refractivity contribution in [2.75, 3.05) is 20.2 Å². The van der Waals surface area contributed by atoms with Crippen LogP contribution in [0.25, 0.3) is 16.4 Å². The smallest absolute Gasteiger partial charge is 0.251 e. The zero-order valence-corrected chi connectivity index (χ0v) is 17.3. The first-order valence-corrected chi connectivity index (χ1v) is 10.7. The fourth-order valence-corrected chi connectivity index (χ4v) is 4.71. The van der Waals surface area contributed by atoms with Crippen LogP contribution in [0.2, 0.25) is 0 Å². The second-order valence-corrected chi connectivity index (χ2v) is 8.53. The van der Waals surface area contributed by atoms with Crippen molar-refractivity contribution >= 4 is 22.3 Å². The summed E-state index contributed by atoms with van der Waals surface area (Å²) in [6.45, 7) is 1.61. The van der Waals surface area contributed by atoms with Crippen LogP contribution in [-0.2, 0) is 4.74 Å². The van der Waals surface area contributed by atoms with Gasteiger partial charge in [-0.2, -0.15) is 0 Å². The van der Waals surface area contributed by atoms with Crippen LogP contribution in [0.15, 0.2) is 49.2 Å². The van der Waals surface area contributed by atoms with E-state index in [2.05, 4.69) is 44.3 Å². The molecule has 2 fully saturated rings. The van der Waals surface area contributed by atoms with Gasteiger partial charge in [-0.1, -0.05) is 0 Å². The normalized spacial score (nSPS) is 24.0. The van der Waals surface area contributed by atoms with Crippen LogP contribution in [0, 0.1) is 0 Å². The van der Waals surface area contributed by atoms with Crippen molar-refractivity contribution in [2.24, 2.45) is 0 Å². The number of carbonyl (C=O) groups excluding carboxylic acids is 1. The van der Waals surface area contributed by atoms with Crippen LogP contribution >= 0.6 is 0 Å². The predicted molar refractivity (Wildman–Crippen MR) is 116 cm³/mol. The summed E-state index contributed by atoms with van der Waals surface area (Å²) in [5.74, 6) is -0.116. The molecule has 2 N–H and O–H groups in total. The summed E-state index contributed by atoms with van der Waals surface area (Å²) < 4.78 is 7.66. The number of aromatic nitrogens is 4. The summed E-state index contributed by atoms with van der Waals surface area (Å²) in [7, 11) is 2.17. The quantitative estimate of drug-likeness (QED) is 0.534. The number of nitrogens with zero attached hydrogens (tertiary/aromatic N) is 4. The molecule has 0 bridgehead atoms. The molecule has 0 spiro atoms. The van der Waals surface area contributed by atoms with Crippen LogP contribution in [0.5, 0.6) is 0 Å². The number of pyridine rings is 2. The van der Waals surface area contributed by atoms with Crippen LogP contribution < -0.4 is 5.32 Å². The van der Waals surface area contributed by atoms with Gasteiger partial charge in [-0.25, -0.2) is 4.98 Å². The number of amides is 1. The topological polar surface area (TPSA) is 87.6 Å². The van der Waals surface area contributed by atoms with E-state index in [-0.39, 0.29) is 18.1 Å². The average molecular weight is 416 g/mol. The molecule has 2 saturated heterocycles. The van der Waals surface area contributed by atoms with E-state index in [0.717, 1.165) is 28.7 Å². The van der Waals surface area contributed by atoms with Crippen LogP contribution in [0.1, 0.15) is 46.7 Å². The van der Waals surface area contributed by atoms with Gasteiger partial charge in [-0.3, -0.25) is 14.7 Å². The highest BCUT2D eigenvalue weighted by atomic mass is 16.5. The minimum absolute atomic E-state index is 0.103. The molecule has 1 amide bonds. The van der Waals surface area contributed by atoms with Crippen molar-refractivity contribution in [1.82, 2.24) is 29.6 Å². The Morgan fingerprint density at radius 3 is 3.03 bits per heavy atom. The number of carbonyl (C=O) groups is 1. The van der Waals surface area contributed by atoms with Crippen molar-refractivity contribution < 1.29 is 9.53 Å².